The van der Waals surface area contributed by atoms with Crippen LogP contribution in [-0.4, -0.2) is 18.0 Å². The summed E-state index contributed by atoms with van der Waals surface area (Å²) in [7, 11) is 0. The highest BCUT2D eigenvalue weighted by atomic mass is 16.5. The quantitative estimate of drug-likeness (QED) is 0.579. The van der Waals surface area contributed by atoms with Crippen molar-refractivity contribution < 1.29 is 9.53 Å². The lowest BCUT2D eigenvalue weighted by Crippen LogP contribution is -2.50. The van der Waals surface area contributed by atoms with Crippen molar-refractivity contribution >= 4 is 5.78 Å². The highest BCUT2D eigenvalue weighted by molar-refractivity contribution is 6.00. The fourth-order valence-electron chi connectivity index (χ4n) is 3.87. The maximum atomic E-state index is 12.2. The number of nitrogens with zero attached hydrogens (tertiary/aromatic N) is 1. The molecular weight excluding hydrogens is 178 g/mol. The second-order valence-electron chi connectivity index (χ2n) is 5.31. The van der Waals surface area contributed by atoms with E-state index in [0.717, 1.165) is 12.8 Å². The molecule has 1 heterocycles. The van der Waals surface area contributed by atoms with E-state index in [-0.39, 0.29) is 22.5 Å². The number of carbonyl (C=O) groups is 1. The third-order valence-electron chi connectivity index (χ3n) is 5.06. The van der Waals surface area contributed by atoms with E-state index < -0.39 is 5.60 Å². The van der Waals surface area contributed by atoms with Gasteiger partial charge in [-0.05, 0) is 12.8 Å². The van der Waals surface area contributed by atoms with Crippen LogP contribution in [0.4, 0.5) is 0 Å². The third-order valence-corrected chi connectivity index (χ3v) is 5.06. The van der Waals surface area contributed by atoms with Gasteiger partial charge >= 0.3 is 0 Å². The molecular formula is C11H13NO2. The molecule has 0 aromatic rings. The van der Waals surface area contributed by atoms with Crippen molar-refractivity contribution in [1.82, 2.24) is 0 Å². The number of ketones is 1. The molecule has 0 N–H and O–H groups in total. The second kappa shape index (κ2) is 1.90. The standard InChI is InChI=1S/C11H13NO2/c1-9-4-3-7-10(9,2)6-14-11(7,5-12)8(9)13/h7H,3-4,6H2,1-2H3/t7-,9-,10+,11+/m1/s1. The first-order chi connectivity index (χ1) is 6.51. The summed E-state index contributed by atoms with van der Waals surface area (Å²) in [5.41, 5.74) is -1.47. The molecule has 3 rings (SSSR count). The number of ether oxygens (including phenoxy) is 1. The van der Waals surface area contributed by atoms with Crippen molar-refractivity contribution in [2.24, 2.45) is 16.7 Å². The predicted molar refractivity (Wildman–Crippen MR) is 48.2 cm³/mol. The summed E-state index contributed by atoms with van der Waals surface area (Å²) in [4.78, 5) is 12.2. The van der Waals surface area contributed by atoms with Gasteiger partial charge < -0.3 is 4.74 Å². The van der Waals surface area contributed by atoms with Crippen LogP contribution in [0.5, 0.6) is 0 Å². The molecule has 2 saturated carbocycles. The number of hydrogen-bond acceptors (Lipinski definition) is 3. The van der Waals surface area contributed by atoms with Gasteiger partial charge in [-0.1, -0.05) is 13.8 Å². The van der Waals surface area contributed by atoms with Crippen LogP contribution in [0.15, 0.2) is 0 Å². The Hall–Kier alpha value is -0.880. The molecule has 0 radical (unpaired) electrons. The van der Waals surface area contributed by atoms with Crippen molar-refractivity contribution in [2.75, 3.05) is 6.61 Å². The van der Waals surface area contributed by atoms with E-state index in [9.17, 15) is 4.79 Å². The second-order valence-corrected chi connectivity index (χ2v) is 5.31. The van der Waals surface area contributed by atoms with Gasteiger partial charge in [0.15, 0.2) is 5.78 Å². The minimum atomic E-state index is -1.08. The molecule has 0 aromatic heterocycles. The lowest BCUT2D eigenvalue weighted by Gasteiger charge is -2.38. The van der Waals surface area contributed by atoms with Gasteiger partial charge in [-0.25, -0.2) is 0 Å². The van der Waals surface area contributed by atoms with Gasteiger partial charge in [0, 0.05) is 16.7 Å². The van der Waals surface area contributed by atoms with Crippen LogP contribution in [0, 0.1) is 28.1 Å². The molecule has 3 nitrogen and oxygen atoms in total. The Kier molecular flexibility index (Phi) is 1.14. The summed E-state index contributed by atoms with van der Waals surface area (Å²) >= 11 is 0. The van der Waals surface area contributed by atoms with Crippen molar-refractivity contribution in [3.05, 3.63) is 0 Å². The molecule has 14 heavy (non-hydrogen) atoms. The number of rotatable bonds is 0. The summed E-state index contributed by atoms with van der Waals surface area (Å²) in [6, 6.07) is 2.13. The fourth-order valence-corrected chi connectivity index (χ4v) is 3.87. The van der Waals surface area contributed by atoms with Crippen LogP contribution in [-0.2, 0) is 9.53 Å². The molecule has 0 unspecified atom stereocenters. The summed E-state index contributed by atoms with van der Waals surface area (Å²) in [5.74, 6) is 0.176. The Balaban J connectivity index is 2.27. The van der Waals surface area contributed by atoms with Crippen LogP contribution < -0.4 is 0 Å². The van der Waals surface area contributed by atoms with Crippen LogP contribution in [0.25, 0.3) is 0 Å². The maximum Gasteiger partial charge on any atom is 0.216 e. The van der Waals surface area contributed by atoms with E-state index in [4.69, 9.17) is 10.00 Å². The molecule has 0 aromatic carbocycles. The number of Topliss-reactive ketones (excluding diaryl/α,β-unsaturated/α-hetero) is 1. The zero-order valence-corrected chi connectivity index (χ0v) is 8.46. The van der Waals surface area contributed by atoms with E-state index in [1.165, 1.54) is 0 Å². The third kappa shape index (κ3) is 0.492. The van der Waals surface area contributed by atoms with Gasteiger partial charge in [-0.2, -0.15) is 5.26 Å². The Bertz CT molecular complexity index is 385. The van der Waals surface area contributed by atoms with E-state index in [1.807, 2.05) is 6.92 Å². The molecule has 1 saturated heterocycles. The first-order valence-electron chi connectivity index (χ1n) is 5.11. The van der Waals surface area contributed by atoms with Gasteiger partial charge in [0.2, 0.25) is 5.60 Å². The molecule has 4 atom stereocenters. The summed E-state index contributed by atoms with van der Waals surface area (Å²) in [6.07, 6.45) is 1.89. The summed E-state index contributed by atoms with van der Waals surface area (Å²) < 4.78 is 5.49. The van der Waals surface area contributed by atoms with Gasteiger partial charge in [0.05, 0.1) is 6.61 Å². The number of nitriles is 1. The lowest BCUT2D eigenvalue weighted by molar-refractivity contribution is -0.154. The molecule has 3 heteroatoms. The van der Waals surface area contributed by atoms with Crippen LogP contribution >= 0.6 is 0 Å². The summed E-state index contributed by atoms with van der Waals surface area (Å²) in [5, 5.41) is 9.17. The Morgan fingerprint density at radius 1 is 1.57 bits per heavy atom. The molecule has 2 aliphatic carbocycles. The van der Waals surface area contributed by atoms with Crippen LogP contribution in [0.3, 0.4) is 0 Å². The first-order valence-corrected chi connectivity index (χ1v) is 5.11. The fraction of sp³-hybridized carbons (Fsp3) is 0.818. The number of hydrogen-bond donors (Lipinski definition) is 0. The van der Waals surface area contributed by atoms with Gasteiger partial charge in [-0.15, -0.1) is 0 Å². The van der Waals surface area contributed by atoms with Crippen molar-refractivity contribution in [2.45, 2.75) is 32.3 Å². The first kappa shape index (κ1) is 8.43. The molecule has 74 valence electrons. The van der Waals surface area contributed by atoms with Crippen LogP contribution in [0.2, 0.25) is 0 Å². The van der Waals surface area contributed by atoms with E-state index in [2.05, 4.69) is 13.0 Å². The molecule has 4 bridgehead atoms. The van der Waals surface area contributed by atoms with E-state index in [0.29, 0.717) is 6.61 Å². The average Bonchev–Trinajstić information content (AvgIpc) is 2.65. The minimum Gasteiger partial charge on any atom is -0.352 e. The lowest BCUT2D eigenvalue weighted by atomic mass is 9.69. The normalized spacial score (nSPS) is 59.2. The molecule has 0 spiro atoms. The average molecular weight is 191 g/mol. The zero-order valence-electron chi connectivity index (χ0n) is 8.46. The molecule has 3 fully saturated rings. The largest absolute Gasteiger partial charge is 0.352 e. The van der Waals surface area contributed by atoms with Crippen molar-refractivity contribution in [3.63, 3.8) is 0 Å². The smallest absolute Gasteiger partial charge is 0.216 e. The monoisotopic (exact) mass is 191 g/mol. The highest BCUT2D eigenvalue weighted by Gasteiger charge is 2.80. The molecule has 1 aliphatic heterocycles. The summed E-state index contributed by atoms with van der Waals surface area (Å²) in [6.45, 7) is 4.69. The Labute approximate surface area is 83.0 Å². The van der Waals surface area contributed by atoms with Crippen molar-refractivity contribution in [1.29, 1.82) is 5.26 Å². The van der Waals surface area contributed by atoms with E-state index in [1.54, 1.807) is 0 Å². The highest BCUT2D eigenvalue weighted by Crippen LogP contribution is 2.71. The topological polar surface area (TPSA) is 50.1 Å². The van der Waals surface area contributed by atoms with E-state index >= 15 is 0 Å². The molecule has 3 aliphatic rings. The predicted octanol–water partition coefficient (Wildman–Crippen LogP) is 1.28. The van der Waals surface area contributed by atoms with Crippen molar-refractivity contribution in [3.8, 4) is 6.07 Å². The Morgan fingerprint density at radius 3 is 2.71 bits per heavy atom. The van der Waals surface area contributed by atoms with Gasteiger partial charge in [0.1, 0.15) is 6.07 Å². The minimum absolute atomic E-state index is 0.0394. The van der Waals surface area contributed by atoms with Gasteiger partial charge in [0.25, 0.3) is 0 Å². The van der Waals surface area contributed by atoms with Gasteiger partial charge in [-0.3, -0.25) is 4.79 Å². The molecule has 0 amide bonds. The maximum absolute atomic E-state index is 12.2. The van der Waals surface area contributed by atoms with Crippen LogP contribution in [0.1, 0.15) is 26.7 Å². The Morgan fingerprint density at radius 2 is 2.29 bits per heavy atom. The zero-order chi connectivity index (χ0) is 10.2. The SMILES string of the molecule is C[C@@]12CO[C@]3(C#N)C(=O)[C@@]1(C)CC[C@H]23. The number of carbonyl (C=O) groups excluding carboxylic acids is 1.